The molecule has 0 aliphatic carbocycles. The Bertz CT molecular complexity index is 1570. The van der Waals surface area contributed by atoms with Gasteiger partial charge in [0, 0.05) is 19.3 Å². The maximum Gasteiger partial charge on any atom is 0.306 e. The van der Waals surface area contributed by atoms with Gasteiger partial charge in [-0.05, 0) is 96.3 Å². The zero-order valence-electron chi connectivity index (χ0n) is 55.2. The molecule has 0 aromatic heterocycles. The number of hydrogen-bond donors (Lipinski definition) is 0. The Morgan fingerprint density at radius 3 is 0.735 bits per heavy atom. The molecule has 0 rings (SSSR count). The van der Waals surface area contributed by atoms with Gasteiger partial charge in [0.25, 0.3) is 0 Å². The van der Waals surface area contributed by atoms with Crippen LogP contribution >= 0.6 is 0 Å². The van der Waals surface area contributed by atoms with E-state index in [4.69, 9.17) is 14.2 Å². The minimum atomic E-state index is -0.785. The van der Waals surface area contributed by atoms with Gasteiger partial charge >= 0.3 is 17.9 Å². The fraction of sp³-hybridized carbons (Fsp3) is 0.779. The van der Waals surface area contributed by atoms with Crippen molar-refractivity contribution in [2.45, 2.75) is 374 Å². The lowest BCUT2D eigenvalue weighted by Crippen LogP contribution is -2.30. The highest BCUT2D eigenvalue weighted by Gasteiger charge is 2.19. The number of carbonyl (C=O) groups is 3. The fourth-order valence-electron chi connectivity index (χ4n) is 10.5. The normalized spacial score (nSPS) is 12.6. The molecule has 0 aliphatic rings. The van der Waals surface area contributed by atoms with E-state index in [9.17, 15) is 14.4 Å². The Balaban J connectivity index is 4.37. The Labute approximate surface area is 515 Å². The molecule has 83 heavy (non-hydrogen) atoms. The largest absolute Gasteiger partial charge is 0.462 e. The van der Waals surface area contributed by atoms with Crippen LogP contribution in [0.1, 0.15) is 367 Å². The third-order valence-corrected chi connectivity index (χ3v) is 15.9. The molecule has 0 spiro atoms. The predicted octanol–water partition coefficient (Wildman–Crippen LogP) is 25.0. The molecule has 0 aliphatic heterocycles. The molecule has 0 radical (unpaired) electrons. The summed E-state index contributed by atoms with van der Waals surface area (Å²) < 4.78 is 17.0. The van der Waals surface area contributed by atoms with Crippen LogP contribution in [0.25, 0.3) is 0 Å². The van der Waals surface area contributed by atoms with E-state index in [0.29, 0.717) is 19.3 Å². The highest BCUT2D eigenvalue weighted by Crippen LogP contribution is 2.18. The second-order valence-corrected chi connectivity index (χ2v) is 24.1. The maximum atomic E-state index is 13.0. The van der Waals surface area contributed by atoms with E-state index in [-0.39, 0.29) is 31.1 Å². The summed E-state index contributed by atoms with van der Waals surface area (Å²) >= 11 is 0. The Kier molecular flexibility index (Phi) is 68.2. The number of unbranched alkanes of at least 4 members (excludes halogenated alkanes) is 41. The molecular formula is C77H136O6. The second kappa shape index (κ2) is 71.1. The molecule has 0 heterocycles. The standard InChI is InChI=1S/C77H136O6/c1-4-7-10-13-16-19-22-25-28-31-34-36-37-38-39-41-43-46-49-52-55-58-61-64-67-70-76(79)82-73-74(72-81-75(78)69-66-63-60-57-54-51-48-45-42-33-30-27-24-21-18-15-12-9-6-3)83-77(80)71-68-65-62-59-56-53-50-47-44-40-35-32-29-26-23-20-17-14-11-8-5-2/h7,10,16,19,23,25-26,28,32,34-36,44,47,74H,4-6,8-9,11-15,17-18,20-22,24,27,29-31,33,37-43,45-46,48-73H2,1-3H3/b10-7-,19-16-,26-23-,28-25-,35-32-,36-34-,47-44-. The average molecular weight is 1160 g/mol. The number of rotatable bonds is 66. The lowest BCUT2D eigenvalue weighted by Gasteiger charge is -2.18. The van der Waals surface area contributed by atoms with Crippen molar-refractivity contribution in [3.05, 3.63) is 85.1 Å². The van der Waals surface area contributed by atoms with Crippen LogP contribution in [0.4, 0.5) is 0 Å². The first-order valence-corrected chi connectivity index (χ1v) is 36.1. The number of carbonyl (C=O) groups excluding carboxylic acids is 3. The maximum absolute atomic E-state index is 13.0. The first kappa shape index (κ1) is 79.6. The van der Waals surface area contributed by atoms with Gasteiger partial charge in [-0.25, -0.2) is 0 Å². The molecule has 6 heteroatoms. The molecule has 0 amide bonds. The zero-order chi connectivity index (χ0) is 59.9. The number of hydrogen-bond acceptors (Lipinski definition) is 6. The van der Waals surface area contributed by atoms with Crippen molar-refractivity contribution in [2.75, 3.05) is 13.2 Å². The molecule has 0 saturated heterocycles. The molecule has 0 N–H and O–H groups in total. The summed E-state index contributed by atoms with van der Waals surface area (Å²) in [4.78, 5) is 38.5. The summed E-state index contributed by atoms with van der Waals surface area (Å²) in [6, 6.07) is 0. The zero-order valence-corrected chi connectivity index (χ0v) is 55.2. The summed E-state index contributed by atoms with van der Waals surface area (Å²) in [5.41, 5.74) is 0. The van der Waals surface area contributed by atoms with E-state index in [1.54, 1.807) is 0 Å². The van der Waals surface area contributed by atoms with Gasteiger partial charge in [-0.3, -0.25) is 14.4 Å². The highest BCUT2D eigenvalue weighted by molar-refractivity contribution is 5.71. The number of esters is 3. The van der Waals surface area contributed by atoms with Gasteiger partial charge < -0.3 is 14.2 Å². The van der Waals surface area contributed by atoms with E-state index in [1.165, 1.54) is 218 Å². The van der Waals surface area contributed by atoms with Gasteiger partial charge in [0.1, 0.15) is 13.2 Å². The molecule has 0 aromatic carbocycles. The smallest absolute Gasteiger partial charge is 0.306 e. The molecule has 6 nitrogen and oxygen atoms in total. The van der Waals surface area contributed by atoms with Crippen LogP contribution in [0.15, 0.2) is 85.1 Å². The highest BCUT2D eigenvalue weighted by atomic mass is 16.6. The van der Waals surface area contributed by atoms with Crippen molar-refractivity contribution in [2.24, 2.45) is 0 Å². The van der Waals surface area contributed by atoms with E-state index >= 15 is 0 Å². The van der Waals surface area contributed by atoms with Crippen LogP contribution in [0.5, 0.6) is 0 Å². The SMILES string of the molecule is CC/C=C\C/C=C\C/C=C\C/C=C\CCCCCCCCCCCCCCC(=O)OCC(COC(=O)CCCCCCCCCCCCCCCCCCCCC)OC(=O)CCCCCCCC/C=C\C/C=C\C/C=C\CCCCCCC. The minimum absolute atomic E-state index is 0.0783. The van der Waals surface area contributed by atoms with Crippen LogP contribution < -0.4 is 0 Å². The predicted molar refractivity (Wildman–Crippen MR) is 362 cm³/mol. The molecule has 1 atom stereocenters. The van der Waals surface area contributed by atoms with Crippen molar-refractivity contribution in [3.63, 3.8) is 0 Å². The van der Waals surface area contributed by atoms with Crippen LogP contribution in [0.2, 0.25) is 0 Å². The van der Waals surface area contributed by atoms with E-state index in [1.807, 2.05) is 0 Å². The molecule has 1 unspecified atom stereocenters. The molecule has 0 bridgehead atoms. The van der Waals surface area contributed by atoms with Crippen molar-refractivity contribution in [1.29, 1.82) is 0 Å². The van der Waals surface area contributed by atoms with Crippen molar-refractivity contribution >= 4 is 17.9 Å². The second-order valence-electron chi connectivity index (χ2n) is 24.1. The van der Waals surface area contributed by atoms with Crippen LogP contribution in [-0.2, 0) is 28.6 Å². The van der Waals surface area contributed by atoms with Crippen molar-refractivity contribution in [3.8, 4) is 0 Å². The van der Waals surface area contributed by atoms with Gasteiger partial charge in [-0.2, -0.15) is 0 Å². The monoisotopic (exact) mass is 1160 g/mol. The van der Waals surface area contributed by atoms with Crippen LogP contribution in [-0.4, -0.2) is 37.2 Å². The van der Waals surface area contributed by atoms with Gasteiger partial charge in [-0.15, -0.1) is 0 Å². The summed E-state index contributed by atoms with van der Waals surface area (Å²) in [5.74, 6) is -0.871. The summed E-state index contributed by atoms with van der Waals surface area (Å²) in [6.45, 7) is 6.57. The van der Waals surface area contributed by atoms with Gasteiger partial charge in [0.2, 0.25) is 0 Å². The summed E-state index contributed by atoms with van der Waals surface area (Å²) in [5, 5.41) is 0. The molecular weight excluding hydrogens is 1020 g/mol. The first-order chi connectivity index (χ1) is 41.0. The van der Waals surface area contributed by atoms with Crippen molar-refractivity contribution < 1.29 is 28.6 Å². The molecule has 0 saturated carbocycles. The third-order valence-electron chi connectivity index (χ3n) is 15.9. The molecule has 0 fully saturated rings. The summed E-state index contributed by atoms with van der Waals surface area (Å²) in [6.07, 6.45) is 94.6. The molecule has 0 aromatic rings. The lowest BCUT2D eigenvalue weighted by molar-refractivity contribution is -0.167. The average Bonchev–Trinajstić information content (AvgIpc) is 3.50. The van der Waals surface area contributed by atoms with Crippen LogP contribution in [0, 0.1) is 0 Å². The minimum Gasteiger partial charge on any atom is -0.462 e. The van der Waals surface area contributed by atoms with Gasteiger partial charge in [0.05, 0.1) is 0 Å². The Hall–Kier alpha value is -3.41. The van der Waals surface area contributed by atoms with Crippen LogP contribution in [0.3, 0.4) is 0 Å². The Morgan fingerprint density at radius 1 is 0.253 bits per heavy atom. The third kappa shape index (κ3) is 69.3. The number of ether oxygens (including phenoxy) is 3. The van der Waals surface area contributed by atoms with E-state index in [0.717, 1.165) is 109 Å². The number of allylic oxidation sites excluding steroid dienone is 14. The fourth-order valence-corrected chi connectivity index (χ4v) is 10.5. The van der Waals surface area contributed by atoms with Gasteiger partial charge in [-0.1, -0.05) is 337 Å². The quantitative estimate of drug-likeness (QED) is 0.0261. The topological polar surface area (TPSA) is 78.9 Å². The molecule has 480 valence electrons. The van der Waals surface area contributed by atoms with Gasteiger partial charge in [0.15, 0.2) is 6.10 Å². The Morgan fingerprint density at radius 2 is 0.470 bits per heavy atom. The summed E-state index contributed by atoms with van der Waals surface area (Å²) in [7, 11) is 0. The lowest BCUT2D eigenvalue weighted by atomic mass is 10.0. The van der Waals surface area contributed by atoms with Crippen molar-refractivity contribution in [1.82, 2.24) is 0 Å². The van der Waals surface area contributed by atoms with E-state index in [2.05, 4.69) is 106 Å². The van der Waals surface area contributed by atoms with E-state index < -0.39 is 6.10 Å². The first-order valence-electron chi connectivity index (χ1n) is 36.1.